The molecule has 0 amide bonds. The maximum absolute atomic E-state index is 13.5. The van der Waals surface area contributed by atoms with Gasteiger partial charge in [0, 0.05) is 19.1 Å². The van der Waals surface area contributed by atoms with E-state index in [2.05, 4.69) is 5.32 Å². The molecule has 1 fully saturated rings. The summed E-state index contributed by atoms with van der Waals surface area (Å²) in [6.07, 6.45) is 2.03. The summed E-state index contributed by atoms with van der Waals surface area (Å²) in [6, 6.07) is 3.86. The molecule has 0 bridgehead atoms. The van der Waals surface area contributed by atoms with Crippen molar-refractivity contribution in [3.8, 4) is 0 Å². The molecule has 130 valence electrons. The van der Waals surface area contributed by atoms with E-state index in [9.17, 15) is 17.2 Å². The van der Waals surface area contributed by atoms with Crippen LogP contribution in [0, 0.1) is 23.5 Å². The third kappa shape index (κ3) is 4.71. The minimum atomic E-state index is -3.14. The molecule has 0 saturated carbocycles. The summed E-state index contributed by atoms with van der Waals surface area (Å²) in [6.45, 7) is 5.72. The molecule has 7 heteroatoms. The Morgan fingerprint density at radius 3 is 2.52 bits per heavy atom. The largest absolute Gasteiger partial charge is 0.309 e. The Morgan fingerprint density at radius 1 is 1.30 bits per heavy atom. The standard InChI is InChI=1S/C16H24F2N2O2S/c1-11(2)16(13-4-5-14(17)15(18)8-13)19-9-12-6-7-20(10-12)23(3,21)22/h4-5,8,11-12,16,19H,6-7,9-10H2,1-3H3/t12-,16+/m1/s1. The highest BCUT2D eigenvalue weighted by Gasteiger charge is 2.29. The zero-order valence-electron chi connectivity index (χ0n) is 13.7. The zero-order valence-corrected chi connectivity index (χ0v) is 14.5. The molecule has 0 radical (unpaired) electrons. The zero-order chi connectivity index (χ0) is 17.2. The molecule has 0 unspecified atom stereocenters. The molecular formula is C16H24F2N2O2S. The number of sulfonamides is 1. The Morgan fingerprint density at radius 2 is 2.00 bits per heavy atom. The van der Waals surface area contributed by atoms with Crippen LogP contribution < -0.4 is 5.32 Å². The predicted molar refractivity (Wildman–Crippen MR) is 86.5 cm³/mol. The molecule has 0 aliphatic carbocycles. The molecule has 1 aliphatic heterocycles. The van der Waals surface area contributed by atoms with Gasteiger partial charge in [-0.15, -0.1) is 0 Å². The van der Waals surface area contributed by atoms with E-state index < -0.39 is 21.7 Å². The molecule has 4 nitrogen and oxygen atoms in total. The van der Waals surface area contributed by atoms with Crippen LogP contribution in [0.5, 0.6) is 0 Å². The van der Waals surface area contributed by atoms with Gasteiger partial charge in [-0.2, -0.15) is 0 Å². The summed E-state index contributed by atoms with van der Waals surface area (Å²) in [4.78, 5) is 0. The number of hydrogen-bond donors (Lipinski definition) is 1. The normalized spacial score (nSPS) is 21.0. The molecule has 1 saturated heterocycles. The molecule has 2 rings (SSSR count). The Balaban J connectivity index is 2.00. The van der Waals surface area contributed by atoms with Crippen molar-refractivity contribution in [1.29, 1.82) is 0 Å². The van der Waals surface area contributed by atoms with Gasteiger partial charge < -0.3 is 5.32 Å². The van der Waals surface area contributed by atoms with E-state index in [-0.39, 0.29) is 17.9 Å². The first-order chi connectivity index (χ1) is 10.7. The van der Waals surface area contributed by atoms with Crippen LogP contribution in [0.2, 0.25) is 0 Å². The second-order valence-corrected chi connectivity index (χ2v) is 8.56. The average Bonchev–Trinajstić information content (AvgIpc) is 2.91. The van der Waals surface area contributed by atoms with Crippen molar-refractivity contribution in [2.45, 2.75) is 26.3 Å². The van der Waals surface area contributed by atoms with E-state index in [1.165, 1.54) is 16.6 Å². The van der Waals surface area contributed by atoms with Crippen molar-refractivity contribution in [2.24, 2.45) is 11.8 Å². The summed E-state index contributed by atoms with van der Waals surface area (Å²) < 4.78 is 51.1. The molecule has 0 aromatic heterocycles. The molecule has 1 aromatic rings. The summed E-state index contributed by atoms with van der Waals surface area (Å²) in [5.74, 6) is -1.27. The molecule has 1 aliphatic rings. The van der Waals surface area contributed by atoms with Crippen LogP contribution in [0.3, 0.4) is 0 Å². The molecular weight excluding hydrogens is 322 g/mol. The van der Waals surface area contributed by atoms with E-state index in [4.69, 9.17) is 0 Å². The van der Waals surface area contributed by atoms with Crippen LogP contribution in [0.15, 0.2) is 18.2 Å². The lowest BCUT2D eigenvalue weighted by atomic mass is 9.95. The number of nitrogens with one attached hydrogen (secondary N) is 1. The van der Waals surface area contributed by atoms with Crippen LogP contribution in [0.1, 0.15) is 31.9 Å². The first-order valence-electron chi connectivity index (χ1n) is 7.82. The van der Waals surface area contributed by atoms with Crippen molar-refractivity contribution in [3.63, 3.8) is 0 Å². The minimum absolute atomic E-state index is 0.0996. The van der Waals surface area contributed by atoms with Gasteiger partial charge in [-0.05, 0) is 42.5 Å². The van der Waals surface area contributed by atoms with Crippen LogP contribution in [-0.2, 0) is 10.0 Å². The van der Waals surface area contributed by atoms with E-state index in [1.54, 1.807) is 6.07 Å². The van der Waals surface area contributed by atoms with E-state index in [1.807, 2.05) is 13.8 Å². The fraction of sp³-hybridized carbons (Fsp3) is 0.625. The van der Waals surface area contributed by atoms with Gasteiger partial charge in [-0.1, -0.05) is 19.9 Å². The Labute approximate surface area is 136 Å². The van der Waals surface area contributed by atoms with Gasteiger partial charge in [0.25, 0.3) is 0 Å². The quantitative estimate of drug-likeness (QED) is 0.861. The van der Waals surface area contributed by atoms with Crippen molar-refractivity contribution in [2.75, 3.05) is 25.9 Å². The van der Waals surface area contributed by atoms with Crippen LogP contribution in [0.4, 0.5) is 8.78 Å². The van der Waals surface area contributed by atoms with E-state index in [0.29, 0.717) is 25.2 Å². The SMILES string of the molecule is CC(C)[C@H](NC[C@H]1CCN(S(C)(=O)=O)C1)c1ccc(F)c(F)c1. The maximum Gasteiger partial charge on any atom is 0.211 e. The number of hydrogen-bond acceptors (Lipinski definition) is 3. The number of benzene rings is 1. The van der Waals surface area contributed by atoms with E-state index in [0.717, 1.165) is 12.5 Å². The Hall–Kier alpha value is -1.05. The fourth-order valence-electron chi connectivity index (χ4n) is 3.00. The predicted octanol–water partition coefficient (Wildman–Crippen LogP) is 2.53. The summed E-state index contributed by atoms with van der Waals surface area (Å²) in [5.41, 5.74) is 0.705. The van der Waals surface area contributed by atoms with Gasteiger partial charge in [0.05, 0.1) is 6.26 Å². The molecule has 1 N–H and O–H groups in total. The molecule has 0 spiro atoms. The first-order valence-corrected chi connectivity index (χ1v) is 9.66. The highest BCUT2D eigenvalue weighted by Crippen LogP contribution is 2.25. The minimum Gasteiger partial charge on any atom is -0.309 e. The third-order valence-corrected chi connectivity index (χ3v) is 5.58. The van der Waals surface area contributed by atoms with Crippen LogP contribution in [-0.4, -0.2) is 38.6 Å². The second kappa shape index (κ2) is 7.23. The third-order valence-electron chi connectivity index (χ3n) is 4.31. The first kappa shape index (κ1) is 18.3. The maximum atomic E-state index is 13.5. The van der Waals surface area contributed by atoms with Crippen molar-refractivity contribution < 1.29 is 17.2 Å². The lowest BCUT2D eigenvalue weighted by Crippen LogP contribution is -2.33. The van der Waals surface area contributed by atoms with Crippen molar-refractivity contribution in [3.05, 3.63) is 35.4 Å². The Kier molecular flexibility index (Phi) is 5.75. The van der Waals surface area contributed by atoms with Crippen LogP contribution >= 0.6 is 0 Å². The van der Waals surface area contributed by atoms with Crippen molar-refractivity contribution in [1.82, 2.24) is 9.62 Å². The molecule has 2 atom stereocenters. The number of rotatable bonds is 6. The molecule has 1 heterocycles. The highest BCUT2D eigenvalue weighted by molar-refractivity contribution is 7.88. The van der Waals surface area contributed by atoms with Gasteiger partial charge in [0.1, 0.15) is 0 Å². The summed E-state index contributed by atoms with van der Waals surface area (Å²) in [7, 11) is -3.14. The average molecular weight is 346 g/mol. The fourth-order valence-corrected chi connectivity index (χ4v) is 3.92. The monoisotopic (exact) mass is 346 g/mol. The van der Waals surface area contributed by atoms with Gasteiger partial charge in [-0.25, -0.2) is 21.5 Å². The van der Waals surface area contributed by atoms with Gasteiger partial charge >= 0.3 is 0 Å². The van der Waals surface area contributed by atoms with Gasteiger partial charge in [-0.3, -0.25) is 0 Å². The summed E-state index contributed by atoms with van der Waals surface area (Å²) in [5, 5.41) is 3.39. The van der Waals surface area contributed by atoms with E-state index >= 15 is 0 Å². The Bertz CT molecular complexity index is 649. The topological polar surface area (TPSA) is 49.4 Å². The number of halogens is 2. The smallest absolute Gasteiger partial charge is 0.211 e. The highest BCUT2D eigenvalue weighted by atomic mass is 32.2. The van der Waals surface area contributed by atoms with Crippen LogP contribution in [0.25, 0.3) is 0 Å². The second-order valence-electron chi connectivity index (χ2n) is 6.58. The lowest BCUT2D eigenvalue weighted by molar-refractivity contribution is 0.368. The molecule has 23 heavy (non-hydrogen) atoms. The summed E-state index contributed by atoms with van der Waals surface area (Å²) >= 11 is 0. The molecule has 1 aromatic carbocycles. The van der Waals surface area contributed by atoms with Gasteiger partial charge in [0.2, 0.25) is 10.0 Å². The van der Waals surface area contributed by atoms with Gasteiger partial charge in [0.15, 0.2) is 11.6 Å². The number of nitrogens with zero attached hydrogens (tertiary/aromatic N) is 1. The lowest BCUT2D eigenvalue weighted by Gasteiger charge is -2.25. The van der Waals surface area contributed by atoms with Crippen molar-refractivity contribution >= 4 is 10.0 Å².